The number of nitrogens with zero attached hydrogens (tertiary/aromatic N) is 1. The molecule has 1 atom stereocenters. The summed E-state index contributed by atoms with van der Waals surface area (Å²) in [5.41, 5.74) is 0.649. The third-order valence-electron chi connectivity index (χ3n) is 4.62. The van der Waals surface area contributed by atoms with Crippen LogP contribution >= 0.6 is 0 Å². The van der Waals surface area contributed by atoms with Crippen LogP contribution in [0.1, 0.15) is 17.3 Å². The normalized spacial score (nSPS) is 12.1. The molecule has 0 aliphatic rings. The van der Waals surface area contributed by atoms with Gasteiger partial charge in [-0.05, 0) is 67.6 Å². The van der Waals surface area contributed by atoms with Crippen molar-refractivity contribution in [2.45, 2.75) is 17.9 Å². The van der Waals surface area contributed by atoms with E-state index in [1.165, 1.54) is 45.3 Å². The summed E-state index contributed by atoms with van der Waals surface area (Å²) in [5, 5.41) is 2.67. The van der Waals surface area contributed by atoms with Gasteiger partial charge >= 0.3 is 5.97 Å². The van der Waals surface area contributed by atoms with E-state index in [1.807, 2.05) is 30.3 Å². The fraction of sp³-hybridized carbons (Fsp3) is 0.167. The Bertz CT molecular complexity index is 1210. The molecule has 0 bridgehead atoms. The molecule has 1 N–H and O–H groups in total. The molecule has 0 radical (unpaired) electrons. The molecule has 0 spiro atoms. The van der Waals surface area contributed by atoms with Gasteiger partial charge in [0.2, 0.25) is 10.0 Å². The first-order chi connectivity index (χ1) is 15.7. The minimum atomic E-state index is -3.60. The minimum Gasteiger partial charge on any atom is -0.457 e. The van der Waals surface area contributed by atoms with Gasteiger partial charge in [0.25, 0.3) is 5.91 Å². The van der Waals surface area contributed by atoms with Crippen LogP contribution < -0.4 is 10.1 Å². The summed E-state index contributed by atoms with van der Waals surface area (Å²) in [4.78, 5) is 24.8. The molecule has 0 saturated carbocycles. The molecule has 0 saturated heterocycles. The van der Waals surface area contributed by atoms with Gasteiger partial charge in [-0.15, -0.1) is 0 Å². The molecular weight excluding hydrogens is 444 g/mol. The smallest absolute Gasteiger partial charge is 0.338 e. The molecule has 3 aromatic carbocycles. The van der Waals surface area contributed by atoms with Crippen molar-refractivity contribution in [1.82, 2.24) is 4.31 Å². The van der Waals surface area contributed by atoms with E-state index in [9.17, 15) is 18.0 Å². The van der Waals surface area contributed by atoms with Crippen LogP contribution in [-0.2, 0) is 19.6 Å². The molecule has 172 valence electrons. The quantitative estimate of drug-likeness (QED) is 0.503. The van der Waals surface area contributed by atoms with E-state index >= 15 is 0 Å². The van der Waals surface area contributed by atoms with E-state index in [-0.39, 0.29) is 10.5 Å². The second kappa shape index (κ2) is 10.3. The van der Waals surface area contributed by atoms with Crippen LogP contribution in [0.5, 0.6) is 11.5 Å². The molecule has 0 fully saturated rings. The highest BCUT2D eigenvalue weighted by Crippen LogP contribution is 2.23. The fourth-order valence-electron chi connectivity index (χ4n) is 2.73. The third kappa shape index (κ3) is 6.18. The number of ether oxygens (including phenoxy) is 2. The maximum Gasteiger partial charge on any atom is 0.338 e. The van der Waals surface area contributed by atoms with Gasteiger partial charge in [-0.1, -0.05) is 18.2 Å². The van der Waals surface area contributed by atoms with E-state index in [1.54, 1.807) is 24.3 Å². The molecule has 0 aromatic heterocycles. The molecule has 33 heavy (non-hydrogen) atoms. The van der Waals surface area contributed by atoms with E-state index in [0.29, 0.717) is 17.2 Å². The Morgan fingerprint density at radius 2 is 1.42 bits per heavy atom. The van der Waals surface area contributed by atoms with Crippen LogP contribution in [0.25, 0.3) is 0 Å². The lowest BCUT2D eigenvalue weighted by Gasteiger charge is -2.14. The first-order valence-corrected chi connectivity index (χ1v) is 11.5. The Kier molecular flexibility index (Phi) is 7.47. The zero-order valence-corrected chi connectivity index (χ0v) is 19.2. The first-order valence-electron chi connectivity index (χ1n) is 10.0. The number of hydrogen-bond donors (Lipinski definition) is 1. The van der Waals surface area contributed by atoms with Crippen molar-refractivity contribution in [2.24, 2.45) is 0 Å². The van der Waals surface area contributed by atoms with Gasteiger partial charge < -0.3 is 14.8 Å². The van der Waals surface area contributed by atoms with Crippen LogP contribution in [0.3, 0.4) is 0 Å². The number of sulfonamides is 1. The first kappa shape index (κ1) is 24.0. The van der Waals surface area contributed by atoms with E-state index in [0.717, 1.165) is 4.31 Å². The lowest BCUT2D eigenvalue weighted by molar-refractivity contribution is -0.123. The van der Waals surface area contributed by atoms with Crippen LogP contribution in [0, 0.1) is 0 Å². The Hall–Kier alpha value is -3.69. The van der Waals surface area contributed by atoms with Crippen molar-refractivity contribution in [1.29, 1.82) is 0 Å². The van der Waals surface area contributed by atoms with E-state index in [2.05, 4.69) is 5.32 Å². The number of nitrogens with one attached hydrogen (secondary N) is 1. The topological polar surface area (TPSA) is 102 Å². The largest absolute Gasteiger partial charge is 0.457 e. The molecular formula is C24H24N2O6S. The molecule has 9 heteroatoms. The second-order valence-electron chi connectivity index (χ2n) is 7.29. The number of carbonyl (C=O) groups excluding carboxylic acids is 2. The average Bonchev–Trinajstić information content (AvgIpc) is 2.81. The second-order valence-corrected chi connectivity index (χ2v) is 9.44. The van der Waals surface area contributed by atoms with Crippen molar-refractivity contribution in [3.8, 4) is 11.5 Å². The lowest BCUT2D eigenvalue weighted by Crippen LogP contribution is -2.30. The number of hydrogen-bond acceptors (Lipinski definition) is 6. The molecule has 3 rings (SSSR count). The average molecular weight is 469 g/mol. The molecule has 0 aliphatic carbocycles. The monoisotopic (exact) mass is 468 g/mol. The van der Waals surface area contributed by atoms with Gasteiger partial charge in [-0.2, -0.15) is 0 Å². The summed E-state index contributed by atoms with van der Waals surface area (Å²) < 4.78 is 36.2. The maximum atomic E-state index is 12.4. The summed E-state index contributed by atoms with van der Waals surface area (Å²) >= 11 is 0. The van der Waals surface area contributed by atoms with Gasteiger partial charge in [0.15, 0.2) is 6.10 Å². The Morgan fingerprint density at radius 3 is 2.00 bits per heavy atom. The number of rotatable bonds is 8. The molecule has 0 heterocycles. The Morgan fingerprint density at radius 1 is 0.848 bits per heavy atom. The van der Waals surface area contributed by atoms with E-state index < -0.39 is 28.0 Å². The van der Waals surface area contributed by atoms with Crippen LogP contribution in [-0.4, -0.2) is 44.8 Å². The highest BCUT2D eigenvalue weighted by atomic mass is 32.2. The molecule has 1 unspecified atom stereocenters. The predicted octanol–water partition coefficient (Wildman–Crippen LogP) is 3.91. The summed E-state index contributed by atoms with van der Waals surface area (Å²) in [6.07, 6.45) is -1.07. The Balaban J connectivity index is 1.56. The zero-order valence-electron chi connectivity index (χ0n) is 18.4. The van der Waals surface area contributed by atoms with E-state index in [4.69, 9.17) is 9.47 Å². The van der Waals surface area contributed by atoms with Crippen molar-refractivity contribution < 1.29 is 27.5 Å². The number of para-hydroxylation sites is 1. The number of carbonyl (C=O) groups is 2. The number of amides is 1. The lowest BCUT2D eigenvalue weighted by atomic mass is 10.2. The molecule has 0 aliphatic heterocycles. The summed E-state index contributed by atoms with van der Waals surface area (Å²) in [6.45, 7) is 1.45. The van der Waals surface area contributed by atoms with Crippen molar-refractivity contribution >= 4 is 27.6 Å². The zero-order chi connectivity index (χ0) is 24.0. The molecule has 8 nitrogen and oxygen atoms in total. The summed E-state index contributed by atoms with van der Waals surface area (Å²) in [6, 6.07) is 21.4. The van der Waals surface area contributed by atoms with Crippen LogP contribution in [0.4, 0.5) is 5.69 Å². The van der Waals surface area contributed by atoms with Gasteiger partial charge in [-0.25, -0.2) is 17.5 Å². The molecule has 1 amide bonds. The minimum absolute atomic E-state index is 0.0505. The standard InChI is InChI=1S/C24H24N2O6S/c1-17(31-24(28)18-9-15-22(16-10-18)33(29,30)26(2)3)23(27)25-19-11-13-21(14-12-19)32-20-7-5-4-6-8-20/h4-17H,1-3H3,(H,25,27). The predicted molar refractivity (Wildman–Crippen MR) is 124 cm³/mol. The summed E-state index contributed by atoms with van der Waals surface area (Å²) in [7, 11) is -0.767. The highest BCUT2D eigenvalue weighted by Gasteiger charge is 2.21. The fourth-order valence-corrected chi connectivity index (χ4v) is 3.63. The molecule has 3 aromatic rings. The van der Waals surface area contributed by atoms with Gasteiger partial charge in [0.05, 0.1) is 10.5 Å². The Labute approximate surface area is 192 Å². The van der Waals surface area contributed by atoms with Crippen LogP contribution in [0.2, 0.25) is 0 Å². The van der Waals surface area contributed by atoms with Gasteiger partial charge in [-0.3, -0.25) is 4.79 Å². The highest BCUT2D eigenvalue weighted by molar-refractivity contribution is 7.89. The summed E-state index contributed by atoms with van der Waals surface area (Å²) in [5.74, 6) is 0.0607. The number of anilines is 1. The van der Waals surface area contributed by atoms with Crippen molar-refractivity contribution in [3.05, 3.63) is 84.4 Å². The van der Waals surface area contributed by atoms with Gasteiger partial charge in [0.1, 0.15) is 11.5 Å². The SMILES string of the molecule is CC(OC(=O)c1ccc(S(=O)(=O)N(C)C)cc1)C(=O)Nc1ccc(Oc2ccccc2)cc1. The number of benzene rings is 3. The van der Waals surface area contributed by atoms with Crippen molar-refractivity contribution in [2.75, 3.05) is 19.4 Å². The van der Waals surface area contributed by atoms with Crippen LogP contribution in [0.15, 0.2) is 83.8 Å². The third-order valence-corrected chi connectivity index (χ3v) is 6.45. The van der Waals surface area contributed by atoms with Gasteiger partial charge in [0, 0.05) is 19.8 Å². The van der Waals surface area contributed by atoms with Crippen molar-refractivity contribution in [3.63, 3.8) is 0 Å². The maximum absolute atomic E-state index is 12.4. The number of esters is 1.